The highest BCUT2D eigenvalue weighted by atomic mass is 16.2. The molecule has 0 saturated carbocycles. The van der Waals surface area contributed by atoms with Crippen LogP contribution in [0.1, 0.15) is 19.8 Å². The number of amides is 3. The third-order valence-corrected chi connectivity index (χ3v) is 2.83. The molecule has 0 unspecified atom stereocenters. The van der Waals surface area contributed by atoms with Gasteiger partial charge in [0.05, 0.1) is 0 Å². The number of carbonyl (C=O) groups excluding carboxylic acids is 2. The third kappa shape index (κ3) is 1.19. The molecule has 2 atom stereocenters. The zero-order valence-corrected chi connectivity index (χ0v) is 7.52. The lowest BCUT2D eigenvalue weighted by Crippen LogP contribution is -2.57. The molecule has 3 amide bonds. The topological polar surface area (TPSA) is 70.2 Å². The van der Waals surface area contributed by atoms with E-state index in [9.17, 15) is 9.59 Å². The quantitative estimate of drug-likeness (QED) is 0.472. The number of rotatable bonds is 1. The smallest absolute Gasteiger partial charge is 0.322 e. The van der Waals surface area contributed by atoms with E-state index in [1.54, 1.807) is 6.92 Å². The first-order valence-corrected chi connectivity index (χ1v) is 4.50. The molecule has 0 radical (unpaired) electrons. The lowest BCUT2D eigenvalue weighted by atomic mass is 9.91. The van der Waals surface area contributed by atoms with E-state index in [1.807, 2.05) is 0 Å². The summed E-state index contributed by atoms with van der Waals surface area (Å²) in [6.45, 7) is 2.68. The number of urea groups is 1. The maximum atomic E-state index is 11.5. The second kappa shape index (κ2) is 2.70. The van der Waals surface area contributed by atoms with Gasteiger partial charge in [-0.15, -0.1) is 0 Å². The van der Waals surface area contributed by atoms with E-state index in [1.165, 1.54) is 0 Å². The van der Waals surface area contributed by atoms with Crippen LogP contribution in [0.2, 0.25) is 0 Å². The maximum Gasteiger partial charge on any atom is 0.322 e. The van der Waals surface area contributed by atoms with Gasteiger partial charge in [-0.3, -0.25) is 10.1 Å². The minimum Gasteiger partial charge on any atom is -0.322 e. The number of hydrogen-bond donors (Lipinski definition) is 3. The molecule has 5 nitrogen and oxygen atoms in total. The van der Waals surface area contributed by atoms with Crippen molar-refractivity contribution in [3.8, 4) is 0 Å². The third-order valence-electron chi connectivity index (χ3n) is 2.83. The van der Waals surface area contributed by atoms with Gasteiger partial charge in [0.15, 0.2) is 0 Å². The van der Waals surface area contributed by atoms with Crippen molar-refractivity contribution in [2.45, 2.75) is 31.3 Å². The molecule has 2 fully saturated rings. The Labute approximate surface area is 76.3 Å². The highest BCUT2D eigenvalue weighted by Crippen LogP contribution is 2.21. The van der Waals surface area contributed by atoms with Gasteiger partial charge in [0.25, 0.3) is 5.91 Å². The predicted octanol–water partition coefficient (Wildman–Crippen LogP) is -0.663. The molecular formula is C8H13N3O2. The van der Waals surface area contributed by atoms with Crippen molar-refractivity contribution in [1.82, 2.24) is 16.0 Å². The molecule has 13 heavy (non-hydrogen) atoms. The van der Waals surface area contributed by atoms with Crippen molar-refractivity contribution < 1.29 is 9.59 Å². The average molecular weight is 183 g/mol. The maximum absolute atomic E-state index is 11.5. The molecule has 0 bridgehead atoms. The van der Waals surface area contributed by atoms with Gasteiger partial charge >= 0.3 is 6.03 Å². The second-order valence-electron chi connectivity index (χ2n) is 3.76. The Balaban J connectivity index is 2.18. The Morgan fingerprint density at radius 2 is 2.23 bits per heavy atom. The average Bonchev–Trinajstić information content (AvgIpc) is 2.61. The van der Waals surface area contributed by atoms with Gasteiger partial charge in [-0.05, 0) is 26.3 Å². The molecule has 0 spiro atoms. The van der Waals surface area contributed by atoms with E-state index in [4.69, 9.17) is 0 Å². The Morgan fingerprint density at radius 3 is 2.69 bits per heavy atom. The van der Waals surface area contributed by atoms with Crippen LogP contribution in [0.3, 0.4) is 0 Å². The van der Waals surface area contributed by atoms with E-state index >= 15 is 0 Å². The Kier molecular flexibility index (Phi) is 1.76. The molecule has 0 aromatic heterocycles. The van der Waals surface area contributed by atoms with Gasteiger partial charge in [-0.2, -0.15) is 0 Å². The van der Waals surface area contributed by atoms with Gasteiger partial charge in [0.2, 0.25) is 0 Å². The predicted molar refractivity (Wildman–Crippen MR) is 46.1 cm³/mol. The lowest BCUT2D eigenvalue weighted by molar-refractivity contribution is -0.124. The molecule has 72 valence electrons. The number of nitrogens with one attached hydrogen (secondary N) is 3. The molecule has 0 aliphatic carbocycles. The zero-order valence-electron chi connectivity index (χ0n) is 7.52. The second-order valence-corrected chi connectivity index (χ2v) is 3.76. The lowest BCUT2D eigenvalue weighted by Gasteiger charge is -2.27. The standard InChI is InChI=1S/C8H13N3O2/c1-8(5-3-2-4-9-5)6(12)10-7(13)11-8/h5,9H,2-4H2,1H3,(H2,10,11,12,13)/t5-,8-/m1/s1. The van der Waals surface area contributed by atoms with Crippen molar-refractivity contribution >= 4 is 11.9 Å². The van der Waals surface area contributed by atoms with Crippen LogP contribution in [0.5, 0.6) is 0 Å². The van der Waals surface area contributed by atoms with Crippen molar-refractivity contribution in [1.29, 1.82) is 0 Å². The molecule has 5 heteroatoms. The van der Waals surface area contributed by atoms with Crippen molar-refractivity contribution in [2.75, 3.05) is 6.54 Å². The van der Waals surface area contributed by atoms with Gasteiger partial charge in [-0.25, -0.2) is 4.79 Å². The van der Waals surface area contributed by atoms with Crippen LogP contribution in [-0.4, -0.2) is 30.1 Å². The van der Waals surface area contributed by atoms with Crippen LogP contribution in [0, 0.1) is 0 Å². The minimum atomic E-state index is -0.756. The summed E-state index contributed by atoms with van der Waals surface area (Å²) in [7, 11) is 0. The molecule has 2 aliphatic heterocycles. The molecule has 0 aromatic rings. The van der Waals surface area contributed by atoms with E-state index in [0.29, 0.717) is 0 Å². The molecule has 2 heterocycles. The van der Waals surface area contributed by atoms with E-state index in [0.717, 1.165) is 19.4 Å². The summed E-state index contributed by atoms with van der Waals surface area (Å²) >= 11 is 0. The monoisotopic (exact) mass is 183 g/mol. The molecule has 2 saturated heterocycles. The van der Waals surface area contributed by atoms with Gasteiger partial charge < -0.3 is 10.6 Å². The van der Waals surface area contributed by atoms with Crippen molar-refractivity contribution in [3.63, 3.8) is 0 Å². The van der Waals surface area contributed by atoms with Crippen molar-refractivity contribution in [3.05, 3.63) is 0 Å². The Bertz CT molecular complexity index is 260. The summed E-state index contributed by atoms with van der Waals surface area (Å²) < 4.78 is 0. The van der Waals surface area contributed by atoms with Crippen LogP contribution in [0.15, 0.2) is 0 Å². The number of imide groups is 1. The zero-order chi connectivity index (χ0) is 9.47. The summed E-state index contributed by atoms with van der Waals surface area (Å²) in [5.41, 5.74) is -0.756. The fourth-order valence-corrected chi connectivity index (χ4v) is 1.98. The Hall–Kier alpha value is -1.10. The van der Waals surface area contributed by atoms with E-state index in [2.05, 4.69) is 16.0 Å². The van der Waals surface area contributed by atoms with Gasteiger partial charge in [0, 0.05) is 6.04 Å². The summed E-state index contributed by atoms with van der Waals surface area (Å²) in [5.74, 6) is -0.225. The van der Waals surface area contributed by atoms with Crippen LogP contribution >= 0.6 is 0 Å². The normalized spacial score (nSPS) is 39.0. The van der Waals surface area contributed by atoms with Crippen molar-refractivity contribution in [2.24, 2.45) is 0 Å². The number of hydrogen-bond acceptors (Lipinski definition) is 3. The summed E-state index contributed by atoms with van der Waals surface area (Å²) in [6.07, 6.45) is 1.99. The largest absolute Gasteiger partial charge is 0.322 e. The molecule has 0 aromatic carbocycles. The molecule has 2 aliphatic rings. The minimum absolute atomic E-state index is 0.0685. The highest BCUT2D eigenvalue weighted by molar-refractivity contribution is 6.07. The van der Waals surface area contributed by atoms with Crippen LogP contribution in [-0.2, 0) is 4.79 Å². The molecular weight excluding hydrogens is 170 g/mol. The fourth-order valence-electron chi connectivity index (χ4n) is 1.98. The van der Waals surface area contributed by atoms with Gasteiger partial charge in [-0.1, -0.05) is 0 Å². The van der Waals surface area contributed by atoms with E-state index < -0.39 is 5.54 Å². The van der Waals surface area contributed by atoms with Crippen LogP contribution in [0.4, 0.5) is 4.79 Å². The molecule has 3 N–H and O–H groups in total. The van der Waals surface area contributed by atoms with E-state index in [-0.39, 0.29) is 18.0 Å². The first kappa shape index (κ1) is 8.50. The van der Waals surface area contributed by atoms with Crippen LogP contribution < -0.4 is 16.0 Å². The summed E-state index contributed by atoms with van der Waals surface area (Å²) in [5, 5.41) is 8.13. The van der Waals surface area contributed by atoms with Crippen LogP contribution in [0.25, 0.3) is 0 Å². The number of carbonyl (C=O) groups is 2. The fraction of sp³-hybridized carbons (Fsp3) is 0.750. The summed E-state index contributed by atoms with van der Waals surface area (Å²) in [6, 6.07) is -0.319. The highest BCUT2D eigenvalue weighted by Gasteiger charge is 2.48. The summed E-state index contributed by atoms with van der Waals surface area (Å²) in [4.78, 5) is 22.4. The molecule has 2 rings (SSSR count). The van der Waals surface area contributed by atoms with Gasteiger partial charge in [0.1, 0.15) is 5.54 Å². The first-order chi connectivity index (χ1) is 6.13. The Morgan fingerprint density at radius 1 is 1.46 bits per heavy atom. The SMILES string of the molecule is C[C@]1([C@H]2CCCN2)NC(=O)NC1=O. The first-order valence-electron chi connectivity index (χ1n) is 4.50.